The monoisotopic (exact) mass is 465 g/mol. The summed E-state index contributed by atoms with van der Waals surface area (Å²) in [5.41, 5.74) is 2.57. The first-order chi connectivity index (χ1) is 16.0. The number of halogens is 2. The number of ether oxygens (including phenoxy) is 3. The lowest BCUT2D eigenvalue weighted by atomic mass is 10.0. The Morgan fingerprint density at radius 2 is 1.97 bits per heavy atom. The van der Waals surface area contributed by atoms with Gasteiger partial charge in [-0.3, -0.25) is 9.69 Å². The number of benzene rings is 3. The highest BCUT2D eigenvalue weighted by molar-refractivity contribution is 6.32. The Balaban J connectivity index is 1.36. The van der Waals surface area contributed by atoms with Gasteiger partial charge in [0.25, 0.3) is 0 Å². The normalized spacial score (nSPS) is 16.2. The molecular formula is C26H21ClFNO4. The zero-order valence-corrected chi connectivity index (χ0v) is 18.7. The molecule has 0 unspecified atom stereocenters. The van der Waals surface area contributed by atoms with Crippen molar-refractivity contribution in [1.29, 1.82) is 0 Å². The van der Waals surface area contributed by atoms with Crippen LogP contribution in [0.4, 0.5) is 4.39 Å². The van der Waals surface area contributed by atoms with Crippen LogP contribution in [0.5, 0.6) is 17.2 Å². The highest BCUT2D eigenvalue weighted by Crippen LogP contribution is 2.42. The molecule has 0 aliphatic carbocycles. The molecule has 5 rings (SSSR count). The zero-order chi connectivity index (χ0) is 22.9. The molecule has 3 aromatic rings. The van der Waals surface area contributed by atoms with Gasteiger partial charge in [-0.2, -0.15) is 0 Å². The zero-order valence-electron chi connectivity index (χ0n) is 17.9. The third kappa shape index (κ3) is 4.19. The van der Waals surface area contributed by atoms with Crippen LogP contribution in [0.2, 0.25) is 5.02 Å². The molecule has 7 heteroatoms. The molecule has 0 saturated carbocycles. The third-order valence-corrected chi connectivity index (χ3v) is 6.16. The molecule has 0 amide bonds. The second-order valence-corrected chi connectivity index (χ2v) is 8.33. The van der Waals surface area contributed by atoms with Crippen molar-refractivity contribution in [1.82, 2.24) is 4.90 Å². The number of methoxy groups -OCH3 is 1. The molecule has 2 aliphatic rings. The summed E-state index contributed by atoms with van der Waals surface area (Å²) in [6.07, 6.45) is 2.20. The Hall–Kier alpha value is -3.35. The molecule has 168 valence electrons. The molecule has 0 saturated heterocycles. The number of fused-ring (bicyclic) bond motifs is 3. The van der Waals surface area contributed by atoms with Gasteiger partial charge in [-0.25, -0.2) is 4.39 Å². The van der Waals surface area contributed by atoms with E-state index in [1.807, 2.05) is 24.3 Å². The van der Waals surface area contributed by atoms with Gasteiger partial charge >= 0.3 is 0 Å². The van der Waals surface area contributed by atoms with Gasteiger partial charge in [0.15, 0.2) is 5.76 Å². The van der Waals surface area contributed by atoms with Gasteiger partial charge in [0.05, 0.1) is 23.3 Å². The van der Waals surface area contributed by atoms with Crippen LogP contribution in [0.1, 0.15) is 27.0 Å². The number of carbonyl (C=O) groups is 1. The summed E-state index contributed by atoms with van der Waals surface area (Å²) in [6.45, 7) is 1.80. The van der Waals surface area contributed by atoms with E-state index in [2.05, 4.69) is 4.90 Å². The van der Waals surface area contributed by atoms with Crippen molar-refractivity contribution >= 4 is 23.5 Å². The Bertz CT molecular complexity index is 1240. The van der Waals surface area contributed by atoms with Gasteiger partial charge in [0.2, 0.25) is 5.78 Å². The second-order valence-electron chi connectivity index (χ2n) is 7.92. The quantitative estimate of drug-likeness (QED) is 0.466. The number of hydrogen-bond acceptors (Lipinski definition) is 5. The smallest absolute Gasteiger partial charge is 0.231 e. The molecule has 0 N–H and O–H groups in total. The molecule has 0 bridgehead atoms. The summed E-state index contributed by atoms with van der Waals surface area (Å²) in [7, 11) is 1.65. The van der Waals surface area contributed by atoms with Gasteiger partial charge in [-0.1, -0.05) is 29.8 Å². The number of ketones is 1. The highest BCUT2D eigenvalue weighted by atomic mass is 35.5. The number of carbonyl (C=O) groups excluding carboxylic acids is 1. The van der Waals surface area contributed by atoms with Crippen molar-refractivity contribution in [3.05, 3.63) is 93.5 Å². The minimum atomic E-state index is -0.516. The molecule has 3 aromatic carbocycles. The molecular weight excluding hydrogens is 445 g/mol. The van der Waals surface area contributed by atoms with Gasteiger partial charge in [-0.15, -0.1) is 0 Å². The van der Waals surface area contributed by atoms with E-state index in [9.17, 15) is 9.18 Å². The van der Waals surface area contributed by atoms with Gasteiger partial charge in [0, 0.05) is 18.7 Å². The first kappa shape index (κ1) is 21.5. The van der Waals surface area contributed by atoms with Crippen molar-refractivity contribution in [3.63, 3.8) is 0 Å². The average Bonchev–Trinajstić information content (AvgIpc) is 3.16. The SMILES string of the molecule is COc1ccc(CCN2COc3ccc4c(c3C2)O/C(=C\c2c(F)cccc2Cl)C4=O)cc1. The predicted octanol–water partition coefficient (Wildman–Crippen LogP) is 5.50. The Morgan fingerprint density at radius 3 is 2.73 bits per heavy atom. The minimum Gasteiger partial charge on any atom is -0.497 e. The van der Waals surface area contributed by atoms with Gasteiger partial charge in [-0.05, 0) is 54.5 Å². The fraction of sp³-hybridized carbons (Fsp3) is 0.192. The molecule has 0 radical (unpaired) electrons. The lowest BCUT2D eigenvalue weighted by molar-refractivity contribution is 0.0949. The Morgan fingerprint density at radius 1 is 1.15 bits per heavy atom. The Labute approximate surface area is 195 Å². The molecule has 2 heterocycles. The van der Waals surface area contributed by atoms with Crippen LogP contribution >= 0.6 is 11.6 Å². The van der Waals surface area contributed by atoms with Crippen LogP contribution < -0.4 is 14.2 Å². The molecule has 2 aliphatic heterocycles. The van der Waals surface area contributed by atoms with Crippen molar-refractivity contribution in [2.75, 3.05) is 20.4 Å². The maximum Gasteiger partial charge on any atom is 0.231 e. The molecule has 0 atom stereocenters. The van der Waals surface area contributed by atoms with E-state index in [4.69, 9.17) is 25.8 Å². The summed E-state index contributed by atoms with van der Waals surface area (Å²) < 4.78 is 31.3. The molecule has 0 fully saturated rings. The summed E-state index contributed by atoms with van der Waals surface area (Å²) in [5, 5.41) is 0.213. The number of rotatable bonds is 5. The lowest BCUT2D eigenvalue weighted by Crippen LogP contribution is -2.33. The van der Waals surface area contributed by atoms with E-state index >= 15 is 0 Å². The fourth-order valence-electron chi connectivity index (χ4n) is 4.01. The number of allylic oxidation sites excluding steroid dienone is 1. The first-order valence-corrected chi connectivity index (χ1v) is 10.9. The number of nitrogens with zero attached hydrogens (tertiary/aromatic N) is 1. The van der Waals surface area contributed by atoms with Crippen molar-refractivity contribution < 1.29 is 23.4 Å². The van der Waals surface area contributed by atoms with Crippen LogP contribution in [0.25, 0.3) is 6.08 Å². The highest BCUT2D eigenvalue weighted by Gasteiger charge is 2.33. The van der Waals surface area contributed by atoms with Crippen molar-refractivity contribution in [2.24, 2.45) is 0 Å². The van der Waals surface area contributed by atoms with Crippen molar-refractivity contribution in [2.45, 2.75) is 13.0 Å². The van der Waals surface area contributed by atoms with E-state index in [1.54, 1.807) is 25.3 Å². The predicted molar refractivity (Wildman–Crippen MR) is 123 cm³/mol. The summed E-state index contributed by atoms with van der Waals surface area (Å²) in [4.78, 5) is 15.1. The topological polar surface area (TPSA) is 48.0 Å². The van der Waals surface area contributed by atoms with E-state index in [0.29, 0.717) is 30.3 Å². The largest absolute Gasteiger partial charge is 0.497 e. The van der Waals surface area contributed by atoms with E-state index < -0.39 is 5.82 Å². The average molecular weight is 466 g/mol. The Kier molecular flexibility index (Phi) is 5.79. The number of hydrogen-bond donors (Lipinski definition) is 0. The molecule has 33 heavy (non-hydrogen) atoms. The first-order valence-electron chi connectivity index (χ1n) is 10.6. The van der Waals surface area contributed by atoms with E-state index in [0.717, 1.165) is 24.3 Å². The molecule has 0 aromatic heterocycles. The maximum absolute atomic E-state index is 14.2. The van der Waals surface area contributed by atoms with E-state index in [1.165, 1.54) is 23.8 Å². The van der Waals surface area contributed by atoms with Crippen LogP contribution in [0.15, 0.2) is 60.4 Å². The number of Topliss-reactive ketones (excluding diaryl/α,β-unsaturated/α-hetero) is 1. The van der Waals surface area contributed by atoms with Crippen LogP contribution in [0, 0.1) is 5.82 Å². The van der Waals surface area contributed by atoms with E-state index in [-0.39, 0.29) is 22.1 Å². The van der Waals surface area contributed by atoms with Gasteiger partial charge < -0.3 is 14.2 Å². The molecule has 0 spiro atoms. The van der Waals surface area contributed by atoms with Crippen LogP contribution in [0.3, 0.4) is 0 Å². The maximum atomic E-state index is 14.2. The second kappa shape index (κ2) is 8.89. The minimum absolute atomic E-state index is 0.0424. The summed E-state index contributed by atoms with van der Waals surface area (Å²) in [5.74, 6) is 1.20. The van der Waals surface area contributed by atoms with Crippen molar-refractivity contribution in [3.8, 4) is 17.2 Å². The van der Waals surface area contributed by atoms with Crippen LogP contribution in [-0.4, -0.2) is 31.1 Å². The van der Waals surface area contributed by atoms with Crippen LogP contribution in [-0.2, 0) is 13.0 Å². The fourth-order valence-corrected chi connectivity index (χ4v) is 4.22. The standard InChI is InChI=1S/C26H21ClFNO4/c1-31-17-7-5-16(6-8-17)11-12-29-14-20-23(32-15-29)10-9-18-25(30)24(33-26(18)20)13-19-21(27)3-2-4-22(19)28/h2-10,13H,11-12,14-15H2,1H3/b24-13-. The third-order valence-electron chi connectivity index (χ3n) is 5.83. The van der Waals surface area contributed by atoms with Gasteiger partial charge in [0.1, 0.15) is 29.8 Å². The summed E-state index contributed by atoms with van der Waals surface area (Å²) in [6, 6.07) is 15.8. The summed E-state index contributed by atoms with van der Waals surface area (Å²) >= 11 is 6.12. The lowest BCUT2D eigenvalue weighted by Gasteiger charge is -2.29. The molecule has 5 nitrogen and oxygen atoms in total.